The minimum absolute atomic E-state index is 0.102. The number of carbonyl (C=O) groups excluding carboxylic acids is 1. The lowest BCUT2D eigenvalue weighted by Crippen LogP contribution is -2.31. The first-order chi connectivity index (χ1) is 9.37. The Bertz CT molecular complexity index is 588. The molecular formula is C10H15N3O6S. The SMILES string of the molecule is CCOC(=O)c1cn[nH]c1S(=O)(=O)N1CC(O)C(O)C1. The Balaban J connectivity index is 2.32. The van der Waals surface area contributed by atoms with Crippen LogP contribution < -0.4 is 0 Å². The lowest BCUT2D eigenvalue weighted by Gasteiger charge is -2.14. The van der Waals surface area contributed by atoms with Gasteiger partial charge in [-0.2, -0.15) is 9.40 Å². The molecule has 9 nitrogen and oxygen atoms in total. The highest BCUT2D eigenvalue weighted by atomic mass is 32.2. The van der Waals surface area contributed by atoms with Crippen LogP contribution in [0.25, 0.3) is 0 Å². The highest BCUT2D eigenvalue weighted by Gasteiger charge is 2.40. The summed E-state index contributed by atoms with van der Waals surface area (Å²) in [6.07, 6.45) is -1.24. The Morgan fingerprint density at radius 1 is 1.50 bits per heavy atom. The highest BCUT2D eigenvalue weighted by Crippen LogP contribution is 2.22. The molecule has 1 aliphatic heterocycles. The predicted octanol–water partition coefficient (Wildman–Crippen LogP) is -1.69. The van der Waals surface area contributed by atoms with Gasteiger partial charge in [-0.1, -0.05) is 0 Å². The van der Waals surface area contributed by atoms with Crippen LogP contribution in [0.15, 0.2) is 11.2 Å². The fourth-order valence-corrected chi connectivity index (χ4v) is 3.42. The van der Waals surface area contributed by atoms with Gasteiger partial charge in [0.1, 0.15) is 5.56 Å². The van der Waals surface area contributed by atoms with Gasteiger partial charge in [0.25, 0.3) is 10.0 Å². The zero-order chi connectivity index (χ0) is 14.9. The van der Waals surface area contributed by atoms with Crippen molar-refractivity contribution in [2.75, 3.05) is 19.7 Å². The van der Waals surface area contributed by atoms with Gasteiger partial charge in [0.2, 0.25) is 0 Å². The van der Waals surface area contributed by atoms with Crippen LogP contribution in [0.3, 0.4) is 0 Å². The van der Waals surface area contributed by atoms with Crippen LogP contribution in [-0.2, 0) is 14.8 Å². The average Bonchev–Trinajstić information content (AvgIpc) is 2.98. The molecule has 0 radical (unpaired) electrons. The maximum Gasteiger partial charge on any atom is 0.342 e. The van der Waals surface area contributed by atoms with E-state index in [1.807, 2.05) is 0 Å². The van der Waals surface area contributed by atoms with Gasteiger partial charge >= 0.3 is 5.97 Å². The molecule has 0 aliphatic carbocycles. The number of aliphatic hydroxyl groups is 2. The second-order valence-electron chi connectivity index (χ2n) is 4.29. The minimum atomic E-state index is -4.06. The molecule has 1 aromatic heterocycles. The predicted molar refractivity (Wildman–Crippen MR) is 65.3 cm³/mol. The zero-order valence-corrected chi connectivity index (χ0v) is 11.5. The summed E-state index contributed by atoms with van der Waals surface area (Å²) < 4.78 is 30.3. The number of nitrogens with zero attached hydrogens (tertiary/aromatic N) is 2. The van der Waals surface area contributed by atoms with Gasteiger partial charge in [-0.3, -0.25) is 5.10 Å². The van der Waals surface area contributed by atoms with E-state index in [4.69, 9.17) is 4.74 Å². The van der Waals surface area contributed by atoms with Crippen LogP contribution in [0.4, 0.5) is 0 Å². The molecule has 0 amide bonds. The summed E-state index contributed by atoms with van der Waals surface area (Å²) in [4.78, 5) is 11.7. The van der Waals surface area contributed by atoms with Crippen molar-refractivity contribution >= 4 is 16.0 Å². The third kappa shape index (κ3) is 2.54. The second kappa shape index (κ2) is 5.48. The first-order valence-corrected chi connectivity index (χ1v) is 7.38. The van der Waals surface area contributed by atoms with Crippen LogP contribution in [0, 0.1) is 0 Å². The summed E-state index contributed by atoms with van der Waals surface area (Å²) in [6, 6.07) is 0. The molecule has 0 saturated carbocycles. The monoisotopic (exact) mass is 305 g/mol. The van der Waals surface area contributed by atoms with E-state index in [9.17, 15) is 23.4 Å². The number of aliphatic hydroxyl groups excluding tert-OH is 2. The largest absolute Gasteiger partial charge is 0.462 e. The van der Waals surface area contributed by atoms with Crippen LogP contribution in [0.5, 0.6) is 0 Å². The molecule has 1 aromatic rings. The molecule has 1 saturated heterocycles. The highest BCUT2D eigenvalue weighted by molar-refractivity contribution is 7.89. The number of nitrogens with one attached hydrogen (secondary N) is 1. The van der Waals surface area contributed by atoms with Crippen LogP contribution >= 0.6 is 0 Å². The van der Waals surface area contributed by atoms with E-state index in [-0.39, 0.29) is 25.3 Å². The number of H-pyrrole nitrogens is 1. The molecule has 1 fully saturated rings. The third-order valence-electron chi connectivity index (χ3n) is 2.92. The summed E-state index contributed by atoms with van der Waals surface area (Å²) in [6.45, 7) is 1.21. The Morgan fingerprint density at radius 2 is 2.10 bits per heavy atom. The normalized spacial score (nSPS) is 23.9. The maximum atomic E-state index is 12.3. The van der Waals surface area contributed by atoms with E-state index in [1.165, 1.54) is 0 Å². The van der Waals surface area contributed by atoms with Crippen molar-refractivity contribution < 1.29 is 28.2 Å². The molecule has 10 heteroatoms. The number of hydrogen-bond acceptors (Lipinski definition) is 7. The molecular weight excluding hydrogens is 290 g/mol. The van der Waals surface area contributed by atoms with E-state index in [1.54, 1.807) is 6.92 Å². The summed E-state index contributed by atoms with van der Waals surface area (Å²) in [5, 5.41) is 24.2. The number of hydrogen-bond donors (Lipinski definition) is 3. The summed E-state index contributed by atoms with van der Waals surface area (Å²) in [7, 11) is -4.06. The molecule has 0 bridgehead atoms. The van der Waals surface area contributed by atoms with E-state index < -0.39 is 33.2 Å². The first kappa shape index (κ1) is 14.9. The third-order valence-corrected chi connectivity index (χ3v) is 4.73. The Kier molecular flexibility index (Phi) is 4.09. The van der Waals surface area contributed by atoms with Crippen molar-refractivity contribution in [2.45, 2.75) is 24.2 Å². The molecule has 2 heterocycles. The van der Waals surface area contributed by atoms with Gasteiger partial charge < -0.3 is 14.9 Å². The standard InChI is InChI=1S/C10H15N3O6S/c1-2-19-10(16)6-3-11-12-9(6)20(17,18)13-4-7(14)8(15)5-13/h3,7-8,14-15H,2,4-5H2,1H3,(H,11,12). The minimum Gasteiger partial charge on any atom is -0.462 e. The smallest absolute Gasteiger partial charge is 0.342 e. The lowest BCUT2D eigenvalue weighted by atomic mass is 10.3. The second-order valence-corrected chi connectivity index (χ2v) is 6.16. The molecule has 2 rings (SSSR count). The quantitative estimate of drug-likeness (QED) is 0.565. The van der Waals surface area contributed by atoms with E-state index >= 15 is 0 Å². The van der Waals surface area contributed by atoms with Gasteiger partial charge in [0.15, 0.2) is 5.03 Å². The number of aromatic nitrogens is 2. The molecule has 3 N–H and O–H groups in total. The lowest BCUT2D eigenvalue weighted by molar-refractivity contribution is 0.0521. The number of aromatic amines is 1. The fraction of sp³-hybridized carbons (Fsp3) is 0.600. The molecule has 112 valence electrons. The number of esters is 1. The van der Waals surface area contributed by atoms with E-state index in [0.717, 1.165) is 10.5 Å². The van der Waals surface area contributed by atoms with Gasteiger partial charge in [-0.05, 0) is 6.92 Å². The number of ether oxygens (including phenoxy) is 1. The van der Waals surface area contributed by atoms with Crippen molar-refractivity contribution in [3.05, 3.63) is 11.8 Å². The Morgan fingerprint density at radius 3 is 2.65 bits per heavy atom. The van der Waals surface area contributed by atoms with Gasteiger partial charge in [-0.15, -0.1) is 0 Å². The van der Waals surface area contributed by atoms with Crippen molar-refractivity contribution in [1.82, 2.24) is 14.5 Å². The Labute approximate surface area is 115 Å². The summed E-state index contributed by atoms with van der Waals surface area (Å²) >= 11 is 0. The van der Waals surface area contributed by atoms with Gasteiger partial charge in [-0.25, -0.2) is 13.2 Å². The molecule has 2 atom stereocenters. The van der Waals surface area contributed by atoms with Gasteiger partial charge in [0, 0.05) is 13.1 Å². The van der Waals surface area contributed by atoms with Crippen molar-refractivity contribution in [1.29, 1.82) is 0 Å². The number of rotatable bonds is 4. The number of sulfonamides is 1. The topological polar surface area (TPSA) is 133 Å². The fourth-order valence-electron chi connectivity index (χ4n) is 1.89. The average molecular weight is 305 g/mol. The number of carbonyl (C=O) groups is 1. The van der Waals surface area contributed by atoms with Crippen molar-refractivity contribution in [3.8, 4) is 0 Å². The maximum absolute atomic E-state index is 12.3. The van der Waals surface area contributed by atoms with E-state index in [2.05, 4.69) is 10.2 Å². The summed E-state index contributed by atoms with van der Waals surface area (Å²) in [5.74, 6) is -0.805. The van der Waals surface area contributed by atoms with E-state index in [0.29, 0.717) is 0 Å². The molecule has 20 heavy (non-hydrogen) atoms. The van der Waals surface area contributed by atoms with Crippen molar-refractivity contribution in [3.63, 3.8) is 0 Å². The van der Waals surface area contributed by atoms with Crippen LogP contribution in [-0.4, -0.2) is 71.0 Å². The molecule has 0 aromatic carbocycles. The molecule has 1 aliphatic rings. The summed E-state index contributed by atoms with van der Waals surface area (Å²) in [5.41, 5.74) is -0.206. The van der Waals surface area contributed by atoms with Gasteiger partial charge in [0.05, 0.1) is 25.0 Å². The zero-order valence-electron chi connectivity index (χ0n) is 10.7. The first-order valence-electron chi connectivity index (χ1n) is 5.94. The number of β-amino-alcohol motifs (C(OH)–C–C–N with tert-alkyl or cyclic N) is 2. The Hall–Kier alpha value is -1.49. The van der Waals surface area contributed by atoms with Crippen molar-refractivity contribution in [2.24, 2.45) is 0 Å². The van der Waals surface area contributed by atoms with Crippen LogP contribution in [0.2, 0.25) is 0 Å². The molecule has 2 unspecified atom stereocenters. The molecule has 0 spiro atoms. The van der Waals surface area contributed by atoms with Crippen LogP contribution in [0.1, 0.15) is 17.3 Å².